The van der Waals surface area contributed by atoms with E-state index in [4.69, 9.17) is 5.11 Å². The molecule has 0 bridgehead atoms. The van der Waals surface area contributed by atoms with Crippen LogP contribution >= 0.6 is 0 Å². The number of rotatable bonds is 4. The molecule has 1 heterocycles. The smallest absolute Gasteiger partial charge is 0.150 e. The predicted molar refractivity (Wildman–Crippen MR) is 61.7 cm³/mol. The van der Waals surface area contributed by atoms with Crippen molar-refractivity contribution in [3.63, 3.8) is 0 Å². The summed E-state index contributed by atoms with van der Waals surface area (Å²) in [7, 11) is -6.06. The van der Waals surface area contributed by atoms with Crippen molar-refractivity contribution >= 4 is 19.7 Å². The number of aliphatic hydroxyl groups excluding tert-OH is 1. The topological polar surface area (TPSA) is 88.5 Å². The first-order valence-electron chi connectivity index (χ1n) is 5.22. The van der Waals surface area contributed by atoms with Crippen molar-refractivity contribution in [2.45, 2.75) is 12.8 Å². The van der Waals surface area contributed by atoms with Gasteiger partial charge in [-0.05, 0) is 24.7 Å². The summed E-state index contributed by atoms with van der Waals surface area (Å²) in [4.78, 5) is 0. The van der Waals surface area contributed by atoms with Crippen LogP contribution in [0.15, 0.2) is 0 Å². The van der Waals surface area contributed by atoms with Crippen molar-refractivity contribution in [1.82, 2.24) is 0 Å². The molecule has 1 fully saturated rings. The molecule has 1 saturated heterocycles. The van der Waals surface area contributed by atoms with Gasteiger partial charge >= 0.3 is 0 Å². The van der Waals surface area contributed by atoms with Gasteiger partial charge in [0.25, 0.3) is 0 Å². The molecular formula is C9H18O5S2. The Kier molecular flexibility index (Phi) is 4.36. The monoisotopic (exact) mass is 270 g/mol. The van der Waals surface area contributed by atoms with Gasteiger partial charge in [0, 0.05) is 12.9 Å². The average Bonchev–Trinajstić information content (AvgIpc) is 2.13. The van der Waals surface area contributed by atoms with E-state index in [1.165, 1.54) is 0 Å². The summed E-state index contributed by atoms with van der Waals surface area (Å²) in [6, 6.07) is 0. The van der Waals surface area contributed by atoms with Crippen LogP contribution in [0.3, 0.4) is 0 Å². The lowest BCUT2D eigenvalue weighted by atomic mass is 9.89. The second-order valence-corrected chi connectivity index (χ2v) is 9.01. The SMILES string of the molecule is CS(=O)(=O)CC(CO)C1CCS(=O)(=O)CC1. The van der Waals surface area contributed by atoms with Gasteiger partial charge in [-0.2, -0.15) is 0 Å². The highest BCUT2D eigenvalue weighted by atomic mass is 32.2. The van der Waals surface area contributed by atoms with Crippen molar-refractivity contribution in [3.8, 4) is 0 Å². The average molecular weight is 270 g/mol. The third kappa shape index (κ3) is 4.39. The first-order valence-corrected chi connectivity index (χ1v) is 9.11. The van der Waals surface area contributed by atoms with Crippen LogP contribution in [0.2, 0.25) is 0 Å². The van der Waals surface area contributed by atoms with Gasteiger partial charge in [-0.25, -0.2) is 16.8 Å². The van der Waals surface area contributed by atoms with E-state index in [0.29, 0.717) is 12.8 Å². The maximum absolute atomic E-state index is 11.2. The predicted octanol–water partition coefficient (Wildman–Crippen LogP) is -0.536. The van der Waals surface area contributed by atoms with Gasteiger partial charge in [-0.3, -0.25) is 0 Å². The first kappa shape index (κ1) is 13.9. The summed E-state index contributed by atoms with van der Waals surface area (Å²) < 4.78 is 44.7. The molecule has 1 N–H and O–H groups in total. The van der Waals surface area contributed by atoms with E-state index in [9.17, 15) is 16.8 Å². The van der Waals surface area contributed by atoms with Crippen LogP contribution in [0.1, 0.15) is 12.8 Å². The Labute approximate surface area is 96.7 Å². The lowest BCUT2D eigenvalue weighted by Gasteiger charge is -2.28. The van der Waals surface area contributed by atoms with E-state index in [2.05, 4.69) is 0 Å². The molecule has 1 unspecified atom stereocenters. The fourth-order valence-corrected chi connectivity index (χ4v) is 4.79. The zero-order chi connectivity index (χ0) is 12.4. The van der Waals surface area contributed by atoms with E-state index in [0.717, 1.165) is 6.26 Å². The van der Waals surface area contributed by atoms with E-state index in [1.807, 2.05) is 0 Å². The van der Waals surface area contributed by atoms with Gasteiger partial charge in [0.1, 0.15) is 19.7 Å². The highest BCUT2D eigenvalue weighted by molar-refractivity contribution is 7.91. The van der Waals surface area contributed by atoms with Crippen LogP contribution in [-0.4, -0.2) is 52.1 Å². The van der Waals surface area contributed by atoms with Crippen LogP contribution in [0.5, 0.6) is 0 Å². The molecule has 1 atom stereocenters. The van der Waals surface area contributed by atoms with Crippen LogP contribution in [-0.2, 0) is 19.7 Å². The van der Waals surface area contributed by atoms with Gasteiger partial charge in [0.05, 0.1) is 17.3 Å². The Morgan fingerprint density at radius 3 is 2.19 bits per heavy atom. The van der Waals surface area contributed by atoms with Crippen LogP contribution < -0.4 is 0 Å². The molecule has 1 aliphatic rings. The fraction of sp³-hybridized carbons (Fsp3) is 1.00. The fourth-order valence-electron chi connectivity index (χ4n) is 2.11. The van der Waals surface area contributed by atoms with Crippen molar-refractivity contribution in [1.29, 1.82) is 0 Å². The van der Waals surface area contributed by atoms with Crippen LogP contribution in [0.25, 0.3) is 0 Å². The minimum atomic E-state index is -3.12. The molecule has 0 aromatic heterocycles. The van der Waals surface area contributed by atoms with Crippen molar-refractivity contribution in [3.05, 3.63) is 0 Å². The molecule has 0 aliphatic carbocycles. The summed E-state index contributed by atoms with van der Waals surface area (Å²) >= 11 is 0. The molecule has 0 amide bonds. The molecule has 16 heavy (non-hydrogen) atoms. The Hall–Kier alpha value is -0.140. The third-order valence-electron chi connectivity index (χ3n) is 3.02. The molecule has 0 radical (unpaired) electrons. The van der Waals surface area contributed by atoms with Gasteiger partial charge in [-0.15, -0.1) is 0 Å². The van der Waals surface area contributed by atoms with Gasteiger partial charge in [-0.1, -0.05) is 0 Å². The minimum Gasteiger partial charge on any atom is -0.396 e. The largest absolute Gasteiger partial charge is 0.396 e. The Morgan fingerprint density at radius 2 is 1.81 bits per heavy atom. The summed E-state index contributed by atoms with van der Waals surface area (Å²) in [6.07, 6.45) is 2.06. The molecule has 1 rings (SSSR count). The van der Waals surface area contributed by atoms with Crippen molar-refractivity contribution in [2.24, 2.45) is 11.8 Å². The summed E-state index contributed by atoms with van der Waals surface area (Å²) in [5.41, 5.74) is 0. The highest BCUT2D eigenvalue weighted by Gasteiger charge is 2.30. The molecule has 0 spiro atoms. The maximum Gasteiger partial charge on any atom is 0.150 e. The lowest BCUT2D eigenvalue weighted by molar-refractivity contribution is 0.182. The van der Waals surface area contributed by atoms with E-state index in [1.54, 1.807) is 0 Å². The number of sulfone groups is 2. The summed E-state index contributed by atoms with van der Waals surface area (Å²) in [6.45, 7) is -0.197. The molecule has 1 aliphatic heterocycles. The highest BCUT2D eigenvalue weighted by Crippen LogP contribution is 2.27. The molecule has 0 aromatic carbocycles. The number of aliphatic hydroxyl groups is 1. The minimum absolute atomic E-state index is 0.00301. The Morgan fingerprint density at radius 1 is 1.31 bits per heavy atom. The van der Waals surface area contributed by atoms with E-state index in [-0.39, 0.29) is 35.7 Å². The normalized spacial score (nSPS) is 24.1. The van der Waals surface area contributed by atoms with Crippen molar-refractivity contribution in [2.75, 3.05) is 30.1 Å². The standard InChI is InChI=1S/C9H18O5S2/c1-15(11,12)7-9(6-10)8-2-4-16(13,14)5-3-8/h8-10H,2-7H2,1H3. The molecule has 96 valence electrons. The van der Waals surface area contributed by atoms with E-state index < -0.39 is 19.7 Å². The van der Waals surface area contributed by atoms with Gasteiger partial charge < -0.3 is 5.11 Å². The quantitative estimate of drug-likeness (QED) is 0.741. The number of hydrogen-bond acceptors (Lipinski definition) is 5. The molecule has 0 aromatic rings. The zero-order valence-corrected chi connectivity index (χ0v) is 10.9. The van der Waals surface area contributed by atoms with Crippen LogP contribution in [0.4, 0.5) is 0 Å². The lowest BCUT2D eigenvalue weighted by Crippen LogP contribution is -2.33. The second-order valence-electron chi connectivity index (χ2n) is 4.52. The molecule has 5 nitrogen and oxygen atoms in total. The molecule has 7 heteroatoms. The van der Waals surface area contributed by atoms with Crippen molar-refractivity contribution < 1.29 is 21.9 Å². The van der Waals surface area contributed by atoms with E-state index >= 15 is 0 Å². The summed E-state index contributed by atoms with van der Waals surface area (Å²) in [5, 5.41) is 9.16. The van der Waals surface area contributed by atoms with Gasteiger partial charge in [0.15, 0.2) is 0 Å². The third-order valence-corrected chi connectivity index (χ3v) is 5.77. The first-order chi connectivity index (χ1) is 7.23. The summed E-state index contributed by atoms with van der Waals surface area (Å²) in [5.74, 6) is -0.168. The molecule has 0 saturated carbocycles. The maximum atomic E-state index is 11.2. The Bertz CT molecular complexity index is 409. The second kappa shape index (κ2) is 5.01. The number of hydrogen-bond donors (Lipinski definition) is 1. The van der Waals surface area contributed by atoms with Crippen LogP contribution in [0, 0.1) is 11.8 Å². The Balaban J connectivity index is 2.63. The zero-order valence-electron chi connectivity index (χ0n) is 9.29. The molecular weight excluding hydrogens is 252 g/mol. The van der Waals surface area contributed by atoms with Gasteiger partial charge in [0.2, 0.25) is 0 Å².